The van der Waals surface area contributed by atoms with Crippen LogP contribution in [-0.4, -0.2) is 0 Å². The minimum absolute atomic E-state index is 0.667. The fourth-order valence-corrected chi connectivity index (χ4v) is 1.75. The summed E-state index contributed by atoms with van der Waals surface area (Å²) in [6, 6.07) is 7.92. The molecule has 66 valence electrons. The number of hydrogen-bond donors (Lipinski definition) is 0. The number of fused-ring (bicyclic) bond motifs is 1. The molecule has 0 unspecified atom stereocenters. The van der Waals surface area contributed by atoms with E-state index in [1.54, 1.807) is 0 Å². The molecule has 0 saturated carbocycles. The van der Waals surface area contributed by atoms with Crippen LogP contribution in [0.2, 0.25) is 0 Å². The van der Waals surface area contributed by atoms with E-state index in [4.69, 9.17) is 0 Å². The van der Waals surface area contributed by atoms with Crippen LogP contribution in [0.3, 0.4) is 0 Å². The van der Waals surface area contributed by atoms with Gasteiger partial charge in [-0.25, -0.2) is 4.39 Å². The molecule has 0 bridgehead atoms. The van der Waals surface area contributed by atoms with Gasteiger partial charge in [0.1, 0.15) is 0 Å². The summed E-state index contributed by atoms with van der Waals surface area (Å²) < 4.78 is 12.6. The standard InChI is InChI=1S/C12H11F/c1-9-6-7-10-4-2-3-5-11(10)12(9)8-13/h2-5,8H,1,6-7H2. The lowest BCUT2D eigenvalue weighted by Crippen LogP contribution is -2.03. The highest BCUT2D eigenvalue weighted by Gasteiger charge is 2.15. The summed E-state index contributed by atoms with van der Waals surface area (Å²) in [4.78, 5) is 0. The van der Waals surface area contributed by atoms with E-state index >= 15 is 0 Å². The fraction of sp³-hybridized carbons (Fsp3) is 0.167. The van der Waals surface area contributed by atoms with E-state index in [9.17, 15) is 4.39 Å². The van der Waals surface area contributed by atoms with Crippen molar-refractivity contribution in [2.75, 3.05) is 0 Å². The zero-order valence-electron chi connectivity index (χ0n) is 7.39. The maximum Gasteiger partial charge on any atom is 0.0947 e. The first-order chi connectivity index (χ1) is 6.33. The van der Waals surface area contributed by atoms with Crippen LogP contribution in [0, 0.1) is 0 Å². The predicted molar refractivity (Wildman–Crippen MR) is 53.0 cm³/mol. The van der Waals surface area contributed by atoms with E-state index in [1.165, 1.54) is 5.56 Å². The Morgan fingerprint density at radius 1 is 1.23 bits per heavy atom. The highest BCUT2D eigenvalue weighted by atomic mass is 19.1. The van der Waals surface area contributed by atoms with Gasteiger partial charge in [0.25, 0.3) is 0 Å². The minimum Gasteiger partial charge on any atom is -0.215 e. The molecule has 0 aromatic heterocycles. The molecule has 0 nitrogen and oxygen atoms in total. The van der Waals surface area contributed by atoms with E-state index in [0.29, 0.717) is 11.9 Å². The van der Waals surface area contributed by atoms with Gasteiger partial charge in [0.15, 0.2) is 0 Å². The summed E-state index contributed by atoms with van der Waals surface area (Å²) in [5.41, 5.74) is 3.79. The topological polar surface area (TPSA) is 0 Å². The lowest BCUT2D eigenvalue weighted by molar-refractivity contribution is 0.721. The average Bonchev–Trinajstić information content (AvgIpc) is 2.18. The van der Waals surface area contributed by atoms with Crippen molar-refractivity contribution in [3.63, 3.8) is 0 Å². The van der Waals surface area contributed by atoms with E-state index in [2.05, 4.69) is 6.58 Å². The van der Waals surface area contributed by atoms with Crippen LogP contribution in [0.25, 0.3) is 5.57 Å². The Bertz CT molecular complexity index is 374. The third kappa shape index (κ3) is 1.31. The molecule has 0 radical (unpaired) electrons. The summed E-state index contributed by atoms with van der Waals surface area (Å²) in [5, 5.41) is 0. The molecule has 0 N–H and O–H groups in total. The van der Waals surface area contributed by atoms with Crippen molar-refractivity contribution in [1.82, 2.24) is 0 Å². The zero-order valence-corrected chi connectivity index (χ0v) is 7.39. The Morgan fingerprint density at radius 2 is 2.00 bits per heavy atom. The monoisotopic (exact) mass is 174 g/mol. The number of benzene rings is 1. The molecule has 0 heterocycles. The van der Waals surface area contributed by atoms with Crippen LogP contribution in [0.5, 0.6) is 0 Å². The molecule has 0 atom stereocenters. The summed E-state index contributed by atoms with van der Waals surface area (Å²) in [6.45, 7) is 3.86. The van der Waals surface area contributed by atoms with Crippen LogP contribution in [0.15, 0.2) is 42.7 Å². The van der Waals surface area contributed by atoms with Crippen molar-refractivity contribution in [2.45, 2.75) is 12.8 Å². The second-order valence-corrected chi connectivity index (χ2v) is 3.28. The molecular weight excluding hydrogens is 163 g/mol. The van der Waals surface area contributed by atoms with Gasteiger partial charge in [0.2, 0.25) is 0 Å². The van der Waals surface area contributed by atoms with Gasteiger partial charge in [0, 0.05) is 5.57 Å². The highest BCUT2D eigenvalue weighted by Crippen LogP contribution is 2.33. The smallest absolute Gasteiger partial charge is 0.0947 e. The first-order valence-corrected chi connectivity index (χ1v) is 4.39. The lowest BCUT2D eigenvalue weighted by Gasteiger charge is -2.19. The quantitative estimate of drug-likeness (QED) is 0.564. The SMILES string of the molecule is C=C1CCc2ccccc2C1=CF. The molecule has 1 heteroatoms. The Kier molecular flexibility index (Phi) is 2.01. The molecule has 1 aliphatic rings. The van der Waals surface area contributed by atoms with E-state index in [-0.39, 0.29) is 0 Å². The normalized spacial score (nSPS) is 18.8. The maximum atomic E-state index is 12.6. The van der Waals surface area contributed by atoms with Crippen LogP contribution in [-0.2, 0) is 6.42 Å². The second kappa shape index (κ2) is 3.17. The third-order valence-corrected chi connectivity index (χ3v) is 2.49. The van der Waals surface area contributed by atoms with Crippen LogP contribution in [0.1, 0.15) is 17.5 Å². The van der Waals surface area contributed by atoms with Crippen molar-refractivity contribution in [1.29, 1.82) is 0 Å². The second-order valence-electron chi connectivity index (χ2n) is 3.28. The molecule has 0 fully saturated rings. The first-order valence-electron chi connectivity index (χ1n) is 4.39. The van der Waals surface area contributed by atoms with Gasteiger partial charge < -0.3 is 0 Å². The molecule has 1 aromatic rings. The zero-order chi connectivity index (χ0) is 9.26. The summed E-state index contributed by atoms with van der Waals surface area (Å²) >= 11 is 0. The predicted octanol–water partition coefficient (Wildman–Crippen LogP) is 3.50. The van der Waals surface area contributed by atoms with E-state index in [0.717, 1.165) is 24.0 Å². The number of hydrogen-bond acceptors (Lipinski definition) is 0. The maximum absolute atomic E-state index is 12.6. The van der Waals surface area contributed by atoms with Gasteiger partial charge in [-0.15, -0.1) is 0 Å². The first kappa shape index (κ1) is 8.24. The van der Waals surface area contributed by atoms with Gasteiger partial charge >= 0.3 is 0 Å². The molecule has 0 amide bonds. The van der Waals surface area contributed by atoms with Crippen molar-refractivity contribution in [3.05, 3.63) is 53.9 Å². The summed E-state index contributed by atoms with van der Waals surface area (Å²) in [7, 11) is 0. The Labute approximate surface area is 77.4 Å². The van der Waals surface area contributed by atoms with Crippen molar-refractivity contribution >= 4 is 5.57 Å². The van der Waals surface area contributed by atoms with Gasteiger partial charge in [-0.3, -0.25) is 0 Å². The van der Waals surface area contributed by atoms with Crippen LogP contribution >= 0.6 is 0 Å². The summed E-state index contributed by atoms with van der Waals surface area (Å²) in [5.74, 6) is 0. The summed E-state index contributed by atoms with van der Waals surface area (Å²) in [6.07, 6.45) is 2.51. The lowest BCUT2D eigenvalue weighted by atomic mass is 9.85. The van der Waals surface area contributed by atoms with E-state index < -0.39 is 0 Å². The van der Waals surface area contributed by atoms with Crippen LogP contribution < -0.4 is 0 Å². The fourth-order valence-electron chi connectivity index (χ4n) is 1.75. The van der Waals surface area contributed by atoms with Crippen LogP contribution in [0.4, 0.5) is 4.39 Å². The largest absolute Gasteiger partial charge is 0.215 e. The van der Waals surface area contributed by atoms with Gasteiger partial charge in [-0.05, 0) is 29.5 Å². The molecule has 1 aromatic carbocycles. The molecule has 1 aliphatic carbocycles. The number of rotatable bonds is 0. The van der Waals surface area contributed by atoms with Gasteiger partial charge in [-0.1, -0.05) is 30.8 Å². The number of aryl methyl sites for hydroxylation is 1. The van der Waals surface area contributed by atoms with Crippen molar-refractivity contribution in [2.24, 2.45) is 0 Å². The molecule has 0 saturated heterocycles. The molecule has 0 aliphatic heterocycles. The average molecular weight is 174 g/mol. The number of halogens is 1. The highest BCUT2D eigenvalue weighted by molar-refractivity contribution is 5.81. The Morgan fingerprint density at radius 3 is 2.77 bits per heavy atom. The molecular formula is C12H11F. The molecule has 2 rings (SSSR count). The van der Waals surface area contributed by atoms with Gasteiger partial charge in [0.05, 0.1) is 6.33 Å². The van der Waals surface area contributed by atoms with Crippen molar-refractivity contribution in [3.8, 4) is 0 Å². The number of allylic oxidation sites excluding steroid dienone is 2. The minimum atomic E-state index is 0.667. The molecule has 13 heavy (non-hydrogen) atoms. The van der Waals surface area contributed by atoms with Crippen molar-refractivity contribution < 1.29 is 4.39 Å². The van der Waals surface area contributed by atoms with Gasteiger partial charge in [-0.2, -0.15) is 0 Å². The Hall–Kier alpha value is -1.37. The Balaban J connectivity index is 2.58. The van der Waals surface area contributed by atoms with E-state index in [1.807, 2.05) is 24.3 Å². The molecule has 0 spiro atoms. The third-order valence-electron chi connectivity index (χ3n) is 2.49.